The number of nitrogens with one attached hydrogen (secondary N) is 1. The second kappa shape index (κ2) is 10.4. The Morgan fingerprint density at radius 1 is 1.24 bits per heavy atom. The first-order chi connectivity index (χ1) is 12.1. The number of nitrogens with zero attached hydrogens (tertiary/aromatic N) is 1. The first-order valence-electron chi connectivity index (χ1n) is 9.93. The molecule has 1 saturated heterocycles. The van der Waals surface area contributed by atoms with Crippen LogP contribution in [-0.2, 0) is 4.79 Å². The van der Waals surface area contributed by atoms with E-state index in [9.17, 15) is 4.79 Å². The van der Waals surface area contributed by atoms with Gasteiger partial charge in [-0.1, -0.05) is 57.4 Å². The van der Waals surface area contributed by atoms with Crippen LogP contribution >= 0.6 is 0 Å². The van der Waals surface area contributed by atoms with Crippen molar-refractivity contribution in [3.8, 4) is 0 Å². The summed E-state index contributed by atoms with van der Waals surface area (Å²) in [7, 11) is 0. The molecular weight excluding hydrogens is 308 g/mol. The molecule has 3 nitrogen and oxygen atoms in total. The number of carbonyl (C=O) groups excluding carboxylic acids is 1. The number of aryl methyl sites for hydroxylation is 1. The van der Waals surface area contributed by atoms with Crippen LogP contribution in [0.15, 0.2) is 29.8 Å². The lowest BCUT2D eigenvalue weighted by atomic mass is 10.0. The summed E-state index contributed by atoms with van der Waals surface area (Å²) in [5.74, 6) is 0.116. The molecule has 1 aliphatic heterocycles. The summed E-state index contributed by atoms with van der Waals surface area (Å²) >= 11 is 0. The van der Waals surface area contributed by atoms with E-state index in [0.29, 0.717) is 6.04 Å². The van der Waals surface area contributed by atoms with Gasteiger partial charge in [-0.15, -0.1) is 0 Å². The van der Waals surface area contributed by atoms with Crippen LogP contribution in [0.3, 0.4) is 0 Å². The fourth-order valence-corrected chi connectivity index (χ4v) is 3.47. The van der Waals surface area contributed by atoms with E-state index in [1.807, 2.05) is 12.1 Å². The SMILES string of the molecule is CCCCCN1CC[C@H](NC(=O)/C(=C/c2ccccc2C)CCC)C1. The van der Waals surface area contributed by atoms with Gasteiger partial charge in [0.1, 0.15) is 0 Å². The predicted octanol–water partition coefficient (Wildman–Crippen LogP) is 4.56. The lowest BCUT2D eigenvalue weighted by Crippen LogP contribution is -2.38. The van der Waals surface area contributed by atoms with Crippen molar-refractivity contribution in [2.24, 2.45) is 0 Å². The van der Waals surface area contributed by atoms with Crippen molar-refractivity contribution in [3.05, 3.63) is 41.0 Å². The summed E-state index contributed by atoms with van der Waals surface area (Å²) in [4.78, 5) is 15.3. The van der Waals surface area contributed by atoms with Crippen LogP contribution in [-0.4, -0.2) is 36.5 Å². The summed E-state index contributed by atoms with van der Waals surface area (Å²) in [5, 5.41) is 3.27. The number of benzene rings is 1. The third-order valence-electron chi connectivity index (χ3n) is 5.01. The quantitative estimate of drug-likeness (QED) is 0.527. The Labute approximate surface area is 153 Å². The maximum Gasteiger partial charge on any atom is 0.247 e. The molecule has 0 aliphatic carbocycles. The van der Waals surface area contributed by atoms with Gasteiger partial charge in [-0.2, -0.15) is 0 Å². The zero-order chi connectivity index (χ0) is 18.1. The molecule has 1 aromatic carbocycles. The van der Waals surface area contributed by atoms with E-state index in [1.165, 1.54) is 31.4 Å². The van der Waals surface area contributed by atoms with Gasteiger partial charge >= 0.3 is 0 Å². The van der Waals surface area contributed by atoms with Gasteiger partial charge in [-0.05, 0) is 49.9 Å². The molecule has 0 aromatic heterocycles. The number of likely N-dealkylation sites (tertiary alicyclic amines) is 1. The zero-order valence-corrected chi connectivity index (χ0v) is 16.2. The monoisotopic (exact) mass is 342 g/mol. The van der Waals surface area contributed by atoms with Crippen molar-refractivity contribution in [1.82, 2.24) is 10.2 Å². The molecule has 1 fully saturated rings. The van der Waals surface area contributed by atoms with Gasteiger partial charge in [-0.3, -0.25) is 4.79 Å². The Hall–Kier alpha value is -1.61. The molecule has 1 heterocycles. The van der Waals surface area contributed by atoms with Gasteiger partial charge in [0, 0.05) is 24.7 Å². The van der Waals surface area contributed by atoms with Crippen LogP contribution in [0.4, 0.5) is 0 Å². The second-order valence-corrected chi connectivity index (χ2v) is 7.24. The molecule has 0 spiro atoms. The first-order valence-corrected chi connectivity index (χ1v) is 9.93. The summed E-state index contributed by atoms with van der Waals surface area (Å²) in [6, 6.07) is 8.55. The van der Waals surface area contributed by atoms with Gasteiger partial charge in [0.2, 0.25) is 5.91 Å². The molecule has 138 valence electrons. The van der Waals surface area contributed by atoms with Gasteiger partial charge in [0.05, 0.1) is 0 Å². The Morgan fingerprint density at radius 3 is 2.76 bits per heavy atom. The van der Waals surface area contributed by atoms with E-state index >= 15 is 0 Å². The Morgan fingerprint density at radius 2 is 2.04 bits per heavy atom. The summed E-state index contributed by atoms with van der Waals surface area (Å²) in [6.45, 7) is 9.74. The van der Waals surface area contributed by atoms with Crippen molar-refractivity contribution in [2.75, 3.05) is 19.6 Å². The fraction of sp³-hybridized carbons (Fsp3) is 0.591. The first kappa shape index (κ1) is 19.7. The van der Waals surface area contributed by atoms with Gasteiger partial charge in [0.15, 0.2) is 0 Å². The molecule has 0 saturated carbocycles. The highest BCUT2D eigenvalue weighted by atomic mass is 16.1. The van der Waals surface area contributed by atoms with Gasteiger partial charge in [-0.25, -0.2) is 0 Å². The second-order valence-electron chi connectivity index (χ2n) is 7.24. The van der Waals surface area contributed by atoms with Crippen LogP contribution in [0.5, 0.6) is 0 Å². The summed E-state index contributed by atoms with van der Waals surface area (Å²) < 4.78 is 0. The van der Waals surface area contributed by atoms with Crippen molar-refractivity contribution >= 4 is 12.0 Å². The summed E-state index contributed by atoms with van der Waals surface area (Å²) in [5.41, 5.74) is 3.27. The third-order valence-corrected chi connectivity index (χ3v) is 5.01. The number of carbonyl (C=O) groups is 1. The smallest absolute Gasteiger partial charge is 0.247 e. The standard InChI is InChI=1S/C22H34N2O/c1-4-6-9-14-24-15-13-21(17-24)23-22(25)20(10-5-2)16-19-12-8-7-11-18(19)3/h7-8,11-12,16,21H,4-6,9-10,13-15,17H2,1-3H3,(H,23,25)/b20-16+/t21-/m0/s1. The number of rotatable bonds is 9. The van der Waals surface area contributed by atoms with Crippen LogP contribution in [0.1, 0.15) is 63.5 Å². The normalized spacial score (nSPS) is 18.5. The zero-order valence-electron chi connectivity index (χ0n) is 16.2. The van der Waals surface area contributed by atoms with Crippen molar-refractivity contribution in [2.45, 2.75) is 65.3 Å². The predicted molar refractivity (Wildman–Crippen MR) is 107 cm³/mol. The van der Waals surface area contributed by atoms with Crippen LogP contribution in [0, 0.1) is 6.92 Å². The largest absolute Gasteiger partial charge is 0.348 e. The van der Waals surface area contributed by atoms with E-state index in [2.05, 4.69) is 49.2 Å². The van der Waals surface area contributed by atoms with Crippen molar-refractivity contribution < 1.29 is 4.79 Å². The van der Waals surface area contributed by atoms with E-state index < -0.39 is 0 Å². The fourth-order valence-electron chi connectivity index (χ4n) is 3.47. The minimum absolute atomic E-state index is 0.116. The van der Waals surface area contributed by atoms with Crippen molar-refractivity contribution in [3.63, 3.8) is 0 Å². The van der Waals surface area contributed by atoms with E-state index in [0.717, 1.165) is 43.5 Å². The van der Waals surface area contributed by atoms with Gasteiger partial charge < -0.3 is 10.2 Å². The molecule has 1 aromatic rings. The maximum absolute atomic E-state index is 12.8. The van der Waals surface area contributed by atoms with Crippen LogP contribution in [0.2, 0.25) is 0 Å². The number of hydrogen-bond donors (Lipinski definition) is 1. The average Bonchev–Trinajstić information content (AvgIpc) is 3.04. The molecule has 3 heteroatoms. The average molecular weight is 343 g/mol. The number of unbranched alkanes of at least 4 members (excludes halogenated alkanes) is 2. The molecule has 25 heavy (non-hydrogen) atoms. The molecule has 1 atom stereocenters. The van der Waals surface area contributed by atoms with E-state index in [1.54, 1.807) is 0 Å². The molecule has 1 N–H and O–H groups in total. The topological polar surface area (TPSA) is 32.3 Å². The molecule has 0 radical (unpaired) electrons. The van der Waals surface area contributed by atoms with Crippen molar-refractivity contribution in [1.29, 1.82) is 0 Å². The van der Waals surface area contributed by atoms with Crippen LogP contribution in [0.25, 0.3) is 6.08 Å². The third kappa shape index (κ3) is 6.32. The molecular formula is C22H34N2O. The number of amides is 1. The lowest BCUT2D eigenvalue weighted by Gasteiger charge is -2.17. The van der Waals surface area contributed by atoms with E-state index in [-0.39, 0.29) is 5.91 Å². The highest BCUT2D eigenvalue weighted by Gasteiger charge is 2.24. The highest BCUT2D eigenvalue weighted by Crippen LogP contribution is 2.17. The molecule has 0 bridgehead atoms. The minimum atomic E-state index is 0.116. The lowest BCUT2D eigenvalue weighted by molar-refractivity contribution is -0.118. The molecule has 1 aliphatic rings. The molecule has 2 rings (SSSR count). The number of hydrogen-bond acceptors (Lipinski definition) is 2. The molecule has 1 amide bonds. The van der Waals surface area contributed by atoms with Crippen LogP contribution < -0.4 is 5.32 Å². The maximum atomic E-state index is 12.8. The summed E-state index contributed by atoms with van der Waals surface area (Å²) in [6.07, 6.45) is 8.78. The highest BCUT2D eigenvalue weighted by molar-refractivity contribution is 5.98. The van der Waals surface area contributed by atoms with E-state index in [4.69, 9.17) is 0 Å². The minimum Gasteiger partial charge on any atom is -0.348 e. The Balaban J connectivity index is 1.94. The Bertz CT molecular complexity index is 579. The molecule has 0 unspecified atom stereocenters. The Kier molecular flexibility index (Phi) is 8.20. The van der Waals surface area contributed by atoms with Gasteiger partial charge in [0.25, 0.3) is 0 Å².